The molecule has 21 heavy (non-hydrogen) atoms. The Kier molecular flexibility index (Phi) is 6.85. The first-order valence-corrected chi connectivity index (χ1v) is 7.73. The van der Waals surface area contributed by atoms with Gasteiger partial charge in [-0.05, 0) is 50.6 Å². The maximum absolute atomic E-state index is 11.9. The number of carbonyl (C=O) groups excluding carboxylic acids is 1. The van der Waals surface area contributed by atoms with Gasteiger partial charge >= 0.3 is 0 Å². The number of aryl methyl sites for hydroxylation is 3. The first-order chi connectivity index (χ1) is 9.90. The molecule has 1 rings (SSSR count). The minimum absolute atomic E-state index is 0.315. The molecule has 0 aromatic heterocycles. The molecular formula is C17H29N3O. The van der Waals surface area contributed by atoms with Crippen LogP contribution in [0.25, 0.3) is 0 Å². The fourth-order valence-electron chi connectivity index (χ4n) is 2.90. The molecule has 118 valence electrons. The highest BCUT2D eigenvalue weighted by atomic mass is 16.1. The average Bonchev–Trinajstić information content (AvgIpc) is 2.40. The largest absolute Gasteiger partial charge is 0.368 e. The van der Waals surface area contributed by atoms with Crippen LogP contribution in [-0.2, 0) is 4.79 Å². The van der Waals surface area contributed by atoms with E-state index < -0.39 is 6.04 Å². The molecule has 0 aliphatic heterocycles. The highest BCUT2D eigenvalue weighted by Crippen LogP contribution is 2.23. The average molecular weight is 291 g/mol. The number of amides is 1. The molecule has 1 unspecified atom stereocenters. The molecule has 0 saturated heterocycles. The monoisotopic (exact) mass is 291 g/mol. The summed E-state index contributed by atoms with van der Waals surface area (Å²) in [6.45, 7) is 14.1. The lowest BCUT2D eigenvalue weighted by Gasteiger charge is -2.23. The Morgan fingerprint density at radius 1 is 1.19 bits per heavy atom. The van der Waals surface area contributed by atoms with Crippen LogP contribution in [0.15, 0.2) is 12.1 Å². The number of nitrogens with two attached hydrogens (primary N) is 1. The van der Waals surface area contributed by atoms with Crippen molar-refractivity contribution in [2.75, 3.05) is 26.2 Å². The van der Waals surface area contributed by atoms with E-state index in [-0.39, 0.29) is 5.91 Å². The number of likely N-dealkylation sites (N-methyl/N-ethyl adjacent to an activating group) is 1. The van der Waals surface area contributed by atoms with Crippen LogP contribution in [0.1, 0.15) is 42.1 Å². The van der Waals surface area contributed by atoms with Crippen molar-refractivity contribution in [3.63, 3.8) is 0 Å². The maximum Gasteiger partial charge on any atom is 0.239 e. The smallest absolute Gasteiger partial charge is 0.239 e. The van der Waals surface area contributed by atoms with Crippen molar-refractivity contribution in [3.8, 4) is 0 Å². The molecule has 4 nitrogen and oxygen atoms in total. The lowest BCUT2D eigenvalue weighted by molar-refractivity contribution is -0.120. The predicted molar refractivity (Wildman–Crippen MR) is 88.4 cm³/mol. The number of primary amides is 1. The molecule has 0 heterocycles. The van der Waals surface area contributed by atoms with Crippen molar-refractivity contribution >= 4 is 5.91 Å². The Labute approximate surface area is 128 Å². The van der Waals surface area contributed by atoms with Crippen molar-refractivity contribution in [2.45, 2.75) is 40.7 Å². The summed E-state index contributed by atoms with van der Waals surface area (Å²) in [5.41, 5.74) is 10.1. The van der Waals surface area contributed by atoms with Crippen LogP contribution >= 0.6 is 0 Å². The molecule has 1 atom stereocenters. The van der Waals surface area contributed by atoms with Crippen LogP contribution in [0, 0.1) is 20.8 Å². The van der Waals surface area contributed by atoms with Crippen molar-refractivity contribution in [1.82, 2.24) is 10.2 Å². The predicted octanol–water partition coefficient (Wildman–Crippen LogP) is 2.07. The van der Waals surface area contributed by atoms with Gasteiger partial charge < -0.3 is 16.0 Å². The number of carbonyl (C=O) groups is 1. The van der Waals surface area contributed by atoms with Gasteiger partial charge in [-0.2, -0.15) is 0 Å². The Hall–Kier alpha value is -1.39. The van der Waals surface area contributed by atoms with Crippen LogP contribution in [0.5, 0.6) is 0 Å². The summed E-state index contributed by atoms with van der Waals surface area (Å²) in [5.74, 6) is -0.315. The highest BCUT2D eigenvalue weighted by Gasteiger charge is 2.21. The Morgan fingerprint density at radius 2 is 1.71 bits per heavy atom. The van der Waals surface area contributed by atoms with Gasteiger partial charge in [0.1, 0.15) is 6.04 Å². The summed E-state index contributed by atoms with van der Waals surface area (Å²) in [5, 5.41) is 3.32. The zero-order valence-corrected chi connectivity index (χ0v) is 14.0. The van der Waals surface area contributed by atoms with E-state index in [0.717, 1.165) is 42.9 Å². The number of nitrogens with zero attached hydrogens (tertiary/aromatic N) is 1. The number of rotatable bonds is 8. The summed E-state index contributed by atoms with van der Waals surface area (Å²) in [4.78, 5) is 14.2. The summed E-state index contributed by atoms with van der Waals surface area (Å²) in [6.07, 6.45) is 0. The van der Waals surface area contributed by atoms with Crippen molar-refractivity contribution in [3.05, 3.63) is 34.4 Å². The molecule has 0 fully saturated rings. The standard InChI is InChI=1S/C17H29N3O/c1-6-20(7-2)9-8-19-16(17(18)21)15-13(4)10-12(3)11-14(15)5/h10-11,16,19H,6-9H2,1-5H3,(H2,18,21). The first-order valence-electron chi connectivity index (χ1n) is 7.73. The van der Waals surface area contributed by atoms with Crippen LogP contribution in [0.3, 0.4) is 0 Å². The second kappa shape index (κ2) is 8.15. The third kappa shape index (κ3) is 4.83. The molecule has 1 amide bonds. The number of hydrogen-bond donors (Lipinski definition) is 2. The van der Waals surface area contributed by atoms with E-state index in [1.54, 1.807) is 0 Å². The highest BCUT2D eigenvalue weighted by molar-refractivity contribution is 5.82. The van der Waals surface area contributed by atoms with Gasteiger partial charge in [0.2, 0.25) is 5.91 Å². The zero-order valence-electron chi connectivity index (χ0n) is 14.0. The van der Waals surface area contributed by atoms with Gasteiger partial charge in [0.05, 0.1) is 0 Å². The first kappa shape index (κ1) is 17.7. The maximum atomic E-state index is 11.9. The van der Waals surface area contributed by atoms with Gasteiger partial charge in [-0.3, -0.25) is 4.79 Å². The van der Waals surface area contributed by atoms with E-state index in [4.69, 9.17) is 5.73 Å². The van der Waals surface area contributed by atoms with E-state index in [1.807, 2.05) is 13.8 Å². The Balaban J connectivity index is 2.86. The minimum atomic E-state index is -0.416. The fraction of sp³-hybridized carbons (Fsp3) is 0.588. The van der Waals surface area contributed by atoms with E-state index in [0.29, 0.717) is 0 Å². The van der Waals surface area contributed by atoms with E-state index in [9.17, 15) is 4.79 Å². The number of nitrogens with one attached hydrogen (secondary N) is 1. The van der Waals surface area contributed by atoms with Gasteiger partial charge in [0, 0.05) is 13.1 Å². The summed E-state index contributed by atoms with van der Waals surface area (Å²) >= 11 is 0. The van der Waals surface area contributed by atoms with E-state index in [1.165, 1.54) is 5.56 Å². The third-order valence-corrected chi connectivity index (χ3v) is 3.98. The quantitative estimate of drug-likeness (QED) is 0.771. The summed E-state index contributed by atoms with van der Waals surface area (Å²) in [6, 6.07) is 3.79. The SMILES string of the molecule is CCN(CC)CCNC(C(N)=O)c1c(C)cc(C)cc1C. The molecule has 4 heteroatoms. The van der Waals surface area contributed by atoms with Crippen LogP contribution < -0.4 is 11.1 Å². The van der Waals surface area contributed by atoms with Gasteiger partial charge in [-0.1, -0.05) is 31.5 Å². The molecule has 0 radical (unpaired) electrons. The molecule has 3 N–H and O–H groups in total. The normalized spacial score (nSPS) is 12.7. The van der Waals surface area contributed by atoms with Crippen molar-refractivity contribution < 1.29 is 4.79 Å². The van der Waals surface area contributed by atoms with E-state index >= 15 is 0 Å². The second-order valence-corrected chi connectivity index (χ2v) is 5.63. The lowest BCUT2D eigenvalue weighted by atomic mass is 9.93. The molecule has 1 aromatic carbocycles. The third-order valence-electron chi connectivity index (χ3n) is 3.98. The zero-order chi connectivity index (χ0) is 16.0. The molecule has 0 spiro atoms. The molecule has 0 bridgehead atoms. The number of hydrogen-bond acceptors (Lipinski definition) is 3. The summed E-state index contributed by atoms with van der Waals surface area (Å²) in [7, 11) is 0. The minimum Gasteiger partial charge on any atom is -0.368 e. The van der Waals surface area contributed by atoms with Gasteiger partial charge in [0.25, 0.3) is 0 Å². The number of benzene rings is 1. The Bertz CT molecular complexity index is 458. The molecule has 0 saturated carbocycles. The lowest BCUT2D eigenvalue weighted by Crippen LogP contribution is -2.39. The van der Waals surface area contributed by atoms with Crippen molar-refractivity contribution in [1.29, 1.82) is 0 Å². The summed E-state index contributed by atoms with van der Waals surface area (Å²) < 4.78 is 0. The molecule has 0 aliphatic carbocycles. The molecule has 0 aliphatic rings. The fourth-order valence-corrected chi connectivity index (χ4v) is 2.90. The van der Waals surface area contributed by atoms with Gasteiger partial charge in [-0.15, -0.1) is 0 Å². The van der Waals surface area contributed by atoms with Crippen LogP contribution in [-0.4, -0.2) is 37.0 Å². The van der Waals surface area contributed by atoms with Crippen LogP contribution in [0.2, 0.25) is 0 Å². The van der Waals surface area contributed by atoms with Gasteiger partial charge in [-0.25, -0.2) is 0 Å². The molecular weight excluding hydrogens is 262 g/mol. The van der Waals surface area contributed by atoms with Crippen LogP contribution in [0.4, 0.5) is 0 Å². The second-order valence-electron chi connectivity index (χ2n) is 5.63. The van der Waals surface area contributed by atoms with Gasteiger partial charge in [0.15, 0.2) is 0 Å². The van der Waals surface area contributed by atoms with E-state index in [2.05, 4.69) is 43.1 Å². The molecule has 1 aromatic rings. The topological polar surface area (TPSA) is 58.4 Å². The Morgan fingerprint density at radius 3 is 2.14 bits per heavy atom. The van der Waals surface area contributed by atoms with Crippen molar-refractivity contribution in [2.24, 2.45) is 5.73 Å².